The molecule has 2 aromatic rings. The minimum absolute atomic E-state index is 0.179. The number of cyclic esters (lactones) is 1. The van der Waals surface area contributed by atoms with Gasteiger partial charge in [0.1, 0.15) is 0 Å². The van der Waals surface area contributed by atoms with Gasteiger partial charge in [0.15, 0.2) is 5.70 Å². The minimum Gasteiger partial charge on any atom is -0.402 e. The molecule has 4 rings (SSSR count). The van der Waals surface area contributed by atoms with E-state index in [0.29, 0.717) is 15.6 Å². The summed E-state index contributed by atoms with van der Waals surface area (Å²) >= 11 is 12.1. The average Bonchev–Trinajstić information content (AvgIpc) is 3.10. The fraction of sp³-hybridized carbons (Fsp3) is 0.182. The largest absolute Gasteiger partial charge is 0.402 e. The fourth-order valence-electron chi connectivity index (χ4n) is 3.66. The number of likely N-dealkylation sites (N-methyl/N-ethyl adjacent to an activating group) is 1. The number of hydrogen-bond acceptors (Lipinski definition) is 4. The van der Waals surface area contributed by atoms with Crippen molar-refractivity contribution in [2.45, 2.75) is 19.3 Å². The quantitative estimate of drug-likeness (QED) is 0.483. The smallest absolute Gasteiger partial charge is 0.363 e. The molecule has 2 heterocycles. The predicted molar refractivity (Wildman–Crippen MR) is 113 cm³/mol. The Morgan fingerprint density at radius 2 is 1.86 bits per heavy atom. The third-order valence-electron chi connectivity index (χ3n) is 5.12. The molecule has 4 nitrogen and oxygen atoms in total. The number of halogens is 2. The summed E-state index contributed by atoms with van der Waals surface area (Å²) in [5.41, 5.74) is 4.05. The molecule has 0 aromatic heterocycles. The second kappa shape index (κ2) is 6.80. The summed E-state index contributed by atoms with van der Waals surface area (Å²) < 4.78 is 5.31. The highest BCUT2D eigenvalue weighted by Gasteiger charge is 2.38. The molecule has 0 bridgehead atoms. The number of hydrogen-bond donors (Lipinski definition) is 0. The second-order valence-corrected chi connectivity index (χ2v) is 8.08. The molecule has 0 atom stereocenters. The Bertz CT molecular complexity index is 1080. The highest BCUT2D eigenvalue weighted by atomic mass is 35.5. The highest BCUT2D eigenvalue weighted by Crippen LogP contribution is 2.46. The van der Waals surface area contributed by atoms with Gasteiger partial charge in [-0.3, -0.25) is 0 Å². The Kier molecular flexibility index (Phi) is 4.56. The summed E-state index contributed by atoms with van der Waals surface area (Å²) in [4.78, 5) is 18.7. The Labute approximate surface area is 173 Å². The van der Waals surface area contributed by atoms with Crippen LogP contribution >= 0.6 is 23.2 Å². The number of benzene rings is 2. The van der Waals surface area contributed by atoms with E-state index in [9.17, 15) is 4.79 Å². The third kappa shape index (κ3) is 3.03. The van der Waals surface area contributed by atoms with Gasteiger partial charge in [-0.05, 0) is 42.0 Å². The van der Waals surface area contributed by atoms with Gasteiger partial charge in [-0.15, -0.1) is 0 Å². The fourth-order valence-corrected chi connectivity index (χ4v) is 4.15. The summed E-state index contributed by atoms with van der Waals surface area (Å²) in [6, 6.07) is 13.2. The zero-order chi connectivity index (χ0) is 20.1. The van der Waals surface area contributed by atoms with E-state index in [4.69, 9.17) is 27.9 Å². The van der Waals surface area contributed by atoms with E-state index >= 15 is 0 Å². The first kappa shape index (κ1) is 18.8. The number of anilines is 1. The van der Waals surface area contributed by atoms with Gasteiger partial charge < -0.3 is 9.64 Å². The van der Waals surface area contributed by atoms with Gasteiger partial charge in [0.2, 0.25) is 5.90 Å². The van der Waals surface area contributed by atoms with Crippen LogP contribution in [0.15, 0.2) is 71.0 Å². The molecule has 28 heavy (non-hydrogen) atoms. The van der Waals surface area contributed by atoms with Crippen LogP contribution in [0.25, 0.3) is 0 Å². The van der Waals surface area contributed by atoms with Crippen molar-refractivity contribution in [1.82, 2.24) is 0 Å². The molecule has 0 fully saturated rings. The standard InChI is InChI=1S/C22H18Cl2N2O2/c1-22(2)15-6-4-5-7-18(15)26(3)19(22)11-10-17-21(27)28-20(25-17)14-9-8-13(23)12-16(14)24/h4-12H,1-3H3/b17-10-,19-11+. The summed E-state index contributed by atoms with van der Waals surface area (Å²) in [6.45, 7) is 4.32. The summed E-state index contributed by atoms with van der Waals surface area (Å²) in [6.07, 6.45) is 3.62. The van der Waals surface area contributed by atoms with Crippen LogP contribution in [0.2, 0.25) is 10.0 Å². The Morgan fingerprint density at radius 1 is 1.11 bits per heavy atom. The zero-order valence-corrected chi connectivity index (χ0v) is 17.2. The van der Waals surface area contributed by atoms with E-state index in [1.165, 1.54) is 5.56 Å². The normalized spacial score (nSPS) is 20.5. The predicted octanol–water partition coefficient (Wildman–Crippen LogP) is 5.49. The van der Waals surface area contributed by atoms with Crippen molar-refractivity contribution in [3.05, 3.63) is 87.2 Å². The van der Waals surface area contributed by atoms with Gasteiger partial charge >= 0.3 is 5.97 Å². The van der Waals surface area contributed by atoms with Crippen LogP contribution in [0.4, 0.5) is 5.69 Å². The number of fused-ring (bicyclic) bond motifs is 1. The van der Waals surface area contributed by atoms with Crippen LogP contribution < -0.4 is 4.90 Å². The van der Waals surface area contributed by atoms with Crippen LogP contribution in [-0.4, -0.2) is 18.9 Å². The molecule has 0 aliphatic carbocycles. The van der Waals surface area contributed by atoms with E-state index in [-0.39, 0.29) is 17.0 Å². The molecule has 2 aromatic carbocycles. The molecular formula is C22H18Cl2N2O2. The monoisotopic (exact) mass is 412 g/mol. The highest BCUT2D eigenvalue weighted by molar-refractivity contribution is 6.37. The number of allylic oxidation sites excluding steroid dienone is 3. The number of carbonyl (C=O) groups excluding carboxylic acids is 1. The molecule has 0 amide bonds. The van der Waals surface area contributed by atoms with Crippen LogP contribution in [0, 0.1) is 0 Å². The van der Waals surface area contributed by atoms with E-state index < -0.39 is 5.97 Å². The van der Waals surface area contributed by atoms with Crippen molar-refractivity contribution in [2.24, 2.45) is 4.99 Å². The van der Waals surface area contributed by atoms with Crippen LogP contribution in [-0.2, 0) is 14.9 Å². The Hall–Kier alpha value is -2.56. The maximum atomic E-state index is 12.3. The summed E-state index contributed by atoms with van der Waals surface area (Å²) in [7, 11) is 2.02. The molecule has 0 unspecified atom stereocenters. The lowest BCUT2D eigenvalue weighted by molar-refractivity contribution is -0.130. The summed E-state index contributed by atoms with van der Waals surface area (Å²) in [5, 5.41) is 0.885. The lowest BCUT2D eigenvalue weighted by Crippen LogP contribution is -2.22. The molecule has 0 radical (unpaired) electrons. The Morgan fingerprint density at radius 3 is 2.57 bits per heavy atom. The first-order valence-corrected chi connectivity index (χ1v) is 9.56. The molecule has 0 saturated heterocycles. The van der Waals surface area contributed by atoms with Gasteiger partial charge in [-0.2, -0.15) is 0 Å². The van der Waals surface area contributed by atoms with Gasteiger partial charge in [-0.1, -0.05) is 55.2 Å². The lowest BCUT2D eigenvalue weighted by Gasteiger charge is -2.23. The van der Waals surface area contributed by atoms with Gasteiger partial charge in [0.05, 0.1) is 10.6 Å². The van der Waals surface area contributed by atoms with Crippen LogP contribution in [0.1, 0.15) is 25.0 Å². The SMILES string of the molecule is CN1/C(=C/C=C2\N=C(c3ccc(Cl)cc3Cl)OC2=O)C(C)(C)c2ccccc21. The topological polar surface area (TPSA) is 41.9 Å². The number of esters is 1. The molecule has 2 aliphatic rings. The van der Waals surface area contributed by atoms with Crippen molar-refractivity contribution < 1.29 is 9.53 Å². The first-order chi connectivity index (χ1) is 13.3. The molecule has 0 saturated carbocycles. The van der Waals surface area contributed by atoms with Crippen molar-refractivity contribution in [1.29, 1.82) is 0 Å². The summed E-state index contributed by atoms with van der Waals surface area (Å²) in [5.74, 6) is -0.326. The van der Waals surface area contributed by atoms with E-state index in [2.05, 4.69) is 35.9 Å². The Balaban J connectivity index is 1.70. The average molecular weight is 413 g/mol. The molecule has 6 heteroatoms. The molecule has 2 aliphatic heterocycles. The van der Waals surface area contributed by atoms with Crippen LogP contribution in [0.5, 0.6) is 0 Å². The minimum atomic E-state index is -0.506. The van der Waals surface area contributed by atoms with E-state index in [1.807, 2.05) is 25.3 Å². The zero-order valence-electron chi connectivity index (χ0n) is 15.7. The maximum Gasteiger partial charge on any atom is 0.363 e. The van der Waals surface area contributed by atoms with E-state index in [1.54, 1.807) is 24.3 Å². The molecule has 142 valence electrons. The van der Waals surface area contributed by atoms with Gasteiger partial charge in [0.25, 0.3) is 0 Å². The van der Waals surface area contributed by atoms with Crippen LogP contribution in [0.3, 0.4) is 0 Å². The number of para-hydroxylation sites is 1. The number of ether oxygens (including phenoxy) is 1. The number of nitrogens with zero attached hydrogens (tertiary/aromatic N) is 2. The molecule has 0 N–H and O–H groups in total. The number of carbonyl (C=O) groups is 1. The number of aliphatic imine (C=N–C) groups is 1. The molecular weight excluding hydrogens is 395 g/mol. The third-order valence-corrected chi connectivity index (χ3v) is 5.67. The van der Waals surface area contributed by atoms with Crippen molar-refractivity contribution >= 4 is 40.8 Å². The van der Waals surface area contributed by atoms with Crippen molar-refractivity contribution in [3.8, 4) is 0 Å². The molecule has 0 spiro atoms. The van der Waals surface area contributed by atoms with Gasteiger partial charge in [-0.25, -0.2) is 9.79 Å². The van der Waals surface area contributed by atoms with Crippen molar-refractivity contribution in [3.63, 3.8) is 0 Å². The maximum absolute atomic E-state index is 12.3. The van der Waals surface area contributed by atoms with E-state index in [0.717, 1.165) is 11.4 Å². The van der Waals surface area contributed by atoms with Gasteiger partial charge in [0, 0.05) is 28.9 Å². The van der Waals surface area contributed by atoms with Crippen molar-refractivity contribution in [2.75, 3.05) is 11.9 Å². The first-order valence-electron chi connectivity index (χ1n) is 8.81. The lowest BCUT2D eigenvalue weighted by atomic mass is 9.84. The number of rotatable bonds is 2. The second-order valence-electron chi connectivity index (χ2n) is 7.24.